The highest BCUT2D eigenvalue weighted by Crippen LogP contribution is 2.51. The van der Waals surface area contributed by atoms with Crippen LogP contribution in [-0.4, -0.2) is 11.4 Å². The van der Waals surface area contributed by atoms with E-state index in [1.807, 2.05) is 11.3 Å². The second-order valence-electron chi connectivity index (χ2n) is 18.1. The van der Waals surface area contributed by atoms with Crippen molar-refractivity contribution in [3.05, 3.63) is 218 Å². The Labute approximate surface area is 390 Å². The zero-order valence-electron chi connectivity index (χ0n) is 36.4. The molecule has 0 atom stereocenters. The molecule has 0 spiro atoms. The summed E-state index contributed by atoms with van der Waals surface area (Å²) in [7, 11) is 0. The van der Waals surface area contributed by atoms with Gasteiger partial charge in [-0.1, -0.05) is 127 Å². The first-order chi connectivity index (χ1) is 33.1. The van der Waals surface area contributed by atoms with Crippen LogP contribution in [0, 0.1) is 6.92 Å². The van der Waals surface area contributed by atoms with E-state index < -0.39 is 0 Å². The minimum absolute atomic E-state index is 0.187. The molecule has 312 valence electrons. The Morgan fingerprint density at radius 2 is 1.18 bits per heavy atom. The molecule has 2 aliphatic heterocycles. The molecule has 4 nitrogen and oxygen atoms in total. The van der Waals surface area contributed by atoms with Gasteiger partial charge >= 0.3 is 6.85 Å². The summed E-state index contributed by atoms with van der Waals surface area (Å²) in [4.78, 5) is 4.99. The lowest BCUT2D eigenvalue weighted by Crippen LogP contribution is -2.60. The fraction of sp³-hybridized carbons (Fsp3) is 0.0164. The molecule has 0 N–H and O–H groups in total. The van der Waals surface area contributed by atoms with Gasteiger partial charge in [0, 0.05) is 81.4 Å². The van der Waals surface area contributed by atoms with Gasteiger partial charge in [-0.3, -0.25) is 0 Å². The summed E-state index contributed by atoms with van der Waals surface area (Å²) in [6.07, 6.45) is 0. The van der Waals surface area contributed by atoms with Crippen LogP contribution in [-0.2, 0) is 0 Å². The predicted octanol–water partition coefficient (Wildman–Crippen LogP) is 15.7. The number of hydrogen-bond donors (Lipinski definition) is 0. The van der Waals surface area contributed by atoms with Crippen molar-refractivity contribution in [3.8, 4) is 27.9 Å². The highest BCUT2D eigenvalue weighted by molar-refractivity contribution is 7.25. The predicted molar refractivity (Wildman–Crippen MR) is 285 cm³/mol. The average molecular weight is 872 g/mol. The Morgan fingerprint density at radius 1 is 0.478 bits per heavy atom. The minimum atomic E-state index is -0.187. The highest BCUT2D eigenvalue weighted by Gasteiger charge is 2.45. The van der Waals surface area contributed by atoms with Crippen LogP contribution in [0.4, 0.5) is 28.4 Å². The molecule has 0 bridgehead atoms. The number of aromatic nitrogens is 1. The van der Waals surface area contributed by atoms with Gasteiger partial charge in [0.15, 0.2) is 0 Å². The smallest absolute Gasteiger partial charge is 0.333 e. The fourth-order valence-electron chi connectivity index (χ4n) is 11.5. The molecular weight excluding hydrogens is 834 g/mol. The van der Waals surface area contributed by atoms with Crippen molar-refractivity contribution < 1.29 is 4.42 Å². The van der Waals surface area contributed by atoms with E-state index in [-0.39, 0.29) is 6.85 Å². The van der Waals surface area contributed by atoms with Crippen molar-refractivity contribution in [2.24, 2.45) is 0 Å². The molecule has 0 unspecified atom stereocenters. The Bertz CT molecular complexity index is 4150. The number of nitrogens with zero attached hydrogens (tertiary/aromatic N) is 3. The molecule has 3 aromatic heterocycles. The van der Waals surface area contributed by atoms with Gasteiger partial charge in [-0.05, 0) is 126 Å². The standard InChI is InChI=1S/C61H38BN3OS/c1-37-24-27-41(28-25-37)65-53-33-42(63(39-14-4-2-5-15-39)40-16-6-3-7-17-40)29-31-43(53)50-34-48(38-26-30-46-45-19-10-13-23-57(45)67-58(46)32-38)59-47-20-8-11-21-52(47)64-54-35-49-44-18-9-12-22-55(44)66-56(49)36-51(54)62(65)60(50)61(59)64/h2-36H,1H3. The van der Waals surface area contributed by atoms with Gasteiger partial charge in [0.1, 0.15) is 11.2 Å². The minimum Gasteiger partial charge on any atom is -0.456 e. The molecule has 0 radical (unpaired) electrons. The van der Waals surface area contributed by atoms with E-state index in [1.54, 1.807) is 0 Å². The van der Waals surface area contributed by atoms with Crippen molar-refractivity contribution in [1.29, 1.82) is 0 Å². The van der Waals surface area contributed by atoms with E-state index in [9.17, 15) is 0 Å². The van der Waals surface area contributed by atoms with Crippen LogP contribution < -0.4 is 20.6 Å². The molecule has 15 rings (SSSR count). The van der Waals surface area contributed by atoms with Crippen molar-refractivity contribution in [3.63, 3.8) is 0 Å². The van der Waals surface area contributed by atoms with E-state index in [2.05, 4.69) is 234 Å². The number of anilines is 5. The summed E-state index contributed by atoms with van der Waals surface area (Å²) in [5, 5.41) is 7.40. The Kier molecular flexibility index (Phi) is 7.64. The van der Waals surface area contributed by atoms with Crippen molar-refractivity contribution in [1.82, 2.24) is 4.57 Å². The molecule has 2 aliphatic rings. The summed E-state index contributed by atoms with van der Waals surface area (Å²) in [6.45, 7) is 1.99. The molecular formula is C61H38BN3OS. The zero-order chi connectivity index (χ0) is 43.9. The van der Waals surface area contributed by atoms with Gasteiger partial charge in [-0.25, -0.2) is 0 Å². The van der Waals surface area contributed by atoms with Crippen LogP contribution in [0.2, 0.25) is 0 Å². The molecule has 67 heavy (non-hydrogen) atoms. The highest BCUT2D eigenvalue weighted by atomic mass is 32.1. The summed E-state index contributed by atoms with van der Waals surface area (Å²) in [5.41, 5.74) is 19.7. The van der Waals surface area contributed by atoms with Crippen LogP contribution in [0.3, 0.4) is 0 Å². The summed E-state index contributed by atoms with van der Waals surface area (Å²) < 4.78 is 12.0. The molecule has 0 amide bonds. The fourth-order valence-corrected chi connectivity index (χ4v) is 12.6. The lowest BCUT2D eigenvalue weighted by Gasteiger charge is -2.42. The van der Waals surface area contributed by atoms with E-state index in [0.29, 0.717) is 0 Å². The number of thiophene rings is 1. The quantitative estimate of drug-likeness (QED) is 0.161. The Balaban J connectivity index is 1.10. The number of furan rings is 1. The maximum atomic E-state index is 6.76. The van der Waals surface area contributed by atoms with E-state index >= 15 is 0 Å². The molecule has 10 aromatic carbocycles. The summed E-state index contributed by atoms with van der Waals surface area (Å²) in [5.74, 6) is 0. The maximum Gasteiger partial charge on any atom is 0.333 e. The molecule has 0 aliphatic carbocycles. The normalized spacial score (nSPS) is 12.8. The van der Waals surface area contributed by atoms with Gasteiger partial charge < -0.3 is 18.7 Å². The van der Waals surface area contributed by atoms with Crippen LogP contribution in [0.5, 0.6) is 0 Å². The van der Waals surface area contributed by atoms with Crippen LogP contribution >= 0.6 is 11.3 Å². The molecule has 5 heterocycles. The van der Waals surface area contributed by atoms with Gasteiger partial charge in [0.2, 0.25) is 0 Å². The lowest BCUT2D eigenvalue weighted by molar-refractivity contribution is 0.669. The third-order valence-corrected chi connectivity index (χ3v) is 15.5. The molecule has 13 aromatic rings. The number of fused-ring (bicyclic) bond motifs is 14. The molecule has 0 fully saturated rings. The first kappa shape index (κ1) is 37.0. The molecule has 0 saturated heterocycles. The van der Waals surface area contributed by atoms with Gasteiger partial charge in [0.25, 0.3) is 0 Å². The SMILES string of the molecule is Cc1ccc(N2B3c4cc5oc6ccccc6c5cc4-n4c5ccccc5c5c(-c6ccc7c(c6)sc6ccccc67)cc(c3c54)-c3ccc(N(c4ccccc4)c4ccccc4)cc32)cc1. The molecule has 6 heteroatoms. The van der Waals surface area contributed by atoms with E-state index in [4.69, 9.17) is 4.42 Å². The number of aryl methyl sites for hydroxylation is 1. The topological polar surface area (TPSA) is 24.6 Å². The van der Waals surface area contributed by atoms with Crippen molar-refractivity contribution in [2.75, 3.05) is 9.71 Å². The number of para-hydroxylation sites is 4. The van der Waals surface area contributed by atoms with Crippen LogP contribution in [0.15, 0.2) is 217 Å². The number of benzene rings is 10. The van der Waals surface area contributed by atoms with Crippen LogP contribution in [0.1, 0.15) is 5.56 Å². The van der Waals surface area contributed by atoms with E-state index in [1.165, 1.54) is 86.4 Å². The Hall–Kier alpha value is -8.32. The molecule has 0 saturated carbocycles. The van der Waals surface area contributed by atoms with Crippen molar-refractivity contribution >= 4 is 121 Å². The lowest BCUT2D eigenvalue weighted by atomic mass is 9.43. The third kappa shape index (κ3) is 5.24. The largest absolute Gasteiger partial charge is 0.456 e. The zero-order valence-corrected chi connectivity index (χ0v) is 37.3. The van der Waals surface area contributed by atoms with E-state index in [0.717, 1.165) is 50.4 Å². The monoisotopic (exact) mass is 871 g/mol. The van der Waals surface area contributed by atoms with Gasteiger partial charge in [-0.2, -0.15) is 0 Å². The summed E-state index contributed by atoms with van der Waals surface area (Å²) in [6, 6.07) is 78.4. The Morgan fingerprint density at radius 3 is 1.99 bits per heavy atom. The number of hydrogen-bond acceptors (Lipinski definition) is 4. The summed E-state index contributed by atoms with van der Waals surface area (Å²) >= 11 is 1.88. The average Bonchev–Trinajstić information content (AvgIpc) is 4.06. The third-order valence-electron chi connectivity index (χ3n) is 14.4. The second-order valence-corrected chi connectivity index (χ2v) is 19.2. The van der Waals surface area contributed by atoms with Gasteiger partial charge in [-0.15, -0.1) is 11.3 Å². The van der Waals surface area contributed by atoms with Gasteiger partial charge in [0.05, 0.1) is 11.0 Å². The second kappa shape index (κ2) is 13.8. The van der Waals surface area contributed by atoms with Crippen LogP contribution in [0.25, 0.3) is 91.9 Å². The maximum absolute atomic E-state index is 6.76. The first-order valence-corrected chi connectivity index (χ1v) is 23.8. The number of rotatable bonds is 5. The first-order valence-electron chi connectivity index (χ1n) is 23.0. The van der Waals surface area contributed by atoms with Crippen molar-refractivity contribution in [2.45, 2.75) is 6.92 Å².